The van der Waals surface area contributed by atoms with Crippen LogP contribution in [0.3, 0.4) is 0 Å². The van der Waals surface area contributed by atoms with Gasteiger partial charge in [-0.05, 0) is 31.7 Å². The van der Waals surface area contributed by atoms with Gasteiger partial charge in [-0.2, -0.15) is 0 Å². The van der Waals surface area contributed by atoms with Crippen LogP contribution in [0.2, 0.25) is 0 Å². The van der Waals surface area contributed by atoms with Gasteiger partial charge < -0.3 is 5.32 Å². The van der Waals surface area contributed by atoms with E-state index in [1.165, 1.54) is 11.1 Å². The number of rotatable bonds is 5. The summed E-state index contributed by atoms with van der Waals surface area (Å²) in [5.41, 5.74) is 2.36. The van der Waals surface area contributed by atoms with Gasteiger partial charge >= 0.3 is 0 Å². The second-order valence-corrected chi connectivity index (χ2v) is 6.07. The lowest BCUT2D eigenvalue weighted by Crippen LogP contribution is -2.22. The summed E-state index contributed by atoms with van der Waals surface area (Å²) in [6.07, 6.45) is 0. The average Bonchev–Trinajstić information content (AvgIpc) is 2.46. The van der Waals surface area contributed by atoms with Crippen molar-refractivity contribution in [3.63, 3.8) is 0 Å². The summed E-state index contributed by atoms with van der Waals surface area (Å²) in [5.74, 6) is 0.587. The molecule has 0 bridgehead atoms. The van der Waals surface area contributed by atoms with Crippen LogP contribution in [-0.4, -0.2) is 17.0 Å². The zero-order valence-corrected chi connectivity index (χ0v) is 12.1. The summed E-state index contributed by atoms with van der Waals surface area (Å²) < 4.78 is 12.4. The maximum atomic E-state index is 12.4. The normalized spacial score (nSPS) is 14.0. The molecule has 0 heterocycles. The molecule has 0 aliphatic carbocycles. The molecule has 0 aromatic heterocycles. The molecule has 100 valence electrons. The summed E-state index contributed by atoms with van der Waals surface area (Å²) in [7, 11) is 0.922. The second kappa shape index (κ2) is 6.64. The van der Waals surface area contributed by atoms with E-state index in [2.05, 4.69) is 17.4 Å². The van der Waals surface area contributed by atoms with Gasteiger partial charge in [0.15, 0.2) is 0 Å². The fourth-order valence-corrected chi connectivity index (χ4v) is 3.26. The molecule has 0 spiro atoms. The molecule has 0 fully saturated rings. The van der Waals surface area contributed by atoms with E-state index >= 15 is 0 Å². The standard InChI is InChI=1S/C16H19NOS/c1-13-8-10-15(11-9-13)19(18)12-16(17-2)14-6-4-3-5-7-14/h3-11,16-17H,12H2,1-2H3. The molecule has 2 nitrogen and oxygen atoms in total. The summed E-state index contributed by atoms with van der Waals surface area (Å²) in [6, 6.07) is 18.2. The Balaban J connectivity index is 2.10. The Hall–Kier alpha value is -1.45. The summed E-state index contributed by atoms with van der Waals surface area (Å²) in [6.45, 7) is 2.03. The van der Waals surface area contributed by atoms with Gasteiger partial charge in [-0.15, -0.1) is 0 Å². The monoisotopic (exact) mass is 273 g/mol. The quantitative estimate of drug-likeness (QED) is 0.907. The molecule has 0 radical (unpaired) electrons. The van der Waals surface area contributed by atoms with Crippen LogP contribution in [0.15, 0.2) is 59.5 Å². The van der Waals surface area contributed by atoms with Gasteiger partial charge in [-0.1, -0.05) is 48.0 Å². The SMILES string of the molecule is CNC(CS(=O)c1ccc(C)cc1)c1ccccc1. The highest BCUT2D eigenvalue weighted by atomic mass is 32.2. The van der Waals surface area contributed by atoms with E-state index in [0.29, 0.717) is 5.75 Å². The summed E-state index contributed by atoms with van der Waals surface area (Å²) in [4.78, 5) is 0.891. The average molecular weight is 273 g/mol. The van der Waals surface area contributed by atoms with Crippen LogP contribution in [-0.2, 0) is 10.8 Å². The first-order valence-corrected chi connectivity index (χ1v) is 7.70. The maximum Gasteiger partial charge on any atom is 0.0548 e. The number of nitrogens with one attached hydrogen (secondary N) is 1. The van der Waals surface area contributed by atoms with Gasteiger partial charge in [0.1, 0.15) is 0 Å². The van der Waals surface area contributed by atoms with E-state index in [1.54, 1.807) is 0 Å². The van der Waals surface area contributed by atoms with Crippen LogP contribution >= 0.6 is 0 Å². The lowest BCUT2D eigenvalue weighted by atomic mass is 10.1. The molecular weight excluding hydrogens is 254 g/mol. The molecule has 3 heteroatoms. The Morgan fingerprint density at radius 1 is 1.05 bits per heavy atom. The van der Waals surface area contributed by atoms with E-state index in [4.69, 9.17) is 0 Å². The molecular formula is C16H19NOS. The van der Waals surface area contributed by atoms with E-state index in [9.17, 15) is 4.21 Å². The largest absolute Gasteiger partial charge is 0.312 e. The number of benzene rings is 2. The fraction of sp³-hybridized carbons (Fsp3) is 0.250. The van der Waals surface area contributed by atoms with Crippen LogP contribution in [0.1, 0.15) is 17.2 Å². The predicted octanol–water partition coefficient (Wildman–Crippen LogP) is 3.06. The molecule has 0 saturated carbocycles. The Morgan fingerprint density at radius 3 is 2.26 bits per heavy atom. The molecule has 1 N–H and O–H groups in total. The zero-order chi connectivity index (χ0) is 13.7. The zero-order valence-electron chi connectivity index (χ0n) is 11.3. The van der Waals surface area contributed by atoms with E-state index < -0.39 is 10.8 Å². The van der Waals surface area contributed by atoms with Crippen molar-refractivity contribution in [2.24, 2.45) is 0 Å². The van der Waals surface area contributed by atoms with Gasteiger partial charge in [-0.3, -0.25) is 4.21 Å². The number of aryl methyl sites for hydroxylation is 1. The first-order chi connectivity index (χ1) is 9.20. The van der Waals surface area contributed by atoms with Gasteiger partial charge in [0.25, 0.3) is 0 Å². The van der Waals surface area contributed by atoms with Crippen molar-refractivity contribution in [2.75, 3.05) is 12.8 Å². The van der Waals surface area contributed by atoms with E-state index in [0.717, 1.165) is 4.90 Å². The van der Waals surface area contributed by atoms with Crippen molar-refractivity contribution in [1.29, 1.82) is 0 Å². The Bertz CT molecular complexity index is 536. The molecule has 0 aliphatic heterocycles. The highest BCUT2D eigenvalue weighted by molar-refractivity contribution is 7.85. The lowest BCUT2D eigenvalue weighted by molar-refractivity contribution is 0.635. The third kappa shape index (κ3) is 3.75. The molecule has 0 aliphatic rings. The summed E-state index contributed by atoms with van der Waals surface area (Å²) in [5, 5.41) is 3.24. The van der Waals surface area contributed by atoms with Crippen molar-refractivity contribution in [1.82, 2.24) is 5.32 Å². The Morgan fingerprint density at radius 2 is 1.68 bits per heavy atom. The molecule has 19 heavy (non-hydrogen) atoms. The minimum Gasteiger partial charge on any atom is -0.312 e. The molecule has 2 atom stereocenters. The topological polar surface area (TPSA) is 29.1 Å². The molecule has 2 rings (SSSR count). The first kappa shape index (κ1) is 14.0. The number of hydrogen-bond donors (Lipinski definition) is 1. The third-order valence-electron chi connectivity index (χ3n) is 3.15. The van der Waals surface area contributed by atoms with E-state index in [1.807, 2.05) is 56.4 Å². The predicted molar refractivity (Wildman–Crippen MR) is 80.7 cm³/mol. The van der Waals surface area contributed by atoms with Crippen molar-refractivity contribution in [3.8, 4) is 0 Å². The highest BCUT2D eigenvalue weighted by Crippen LogP contribution is 2.17. The van der Waals surface area contributed by atoms with Crippen LogP contribution in [0.25, 0.3) is 0 Å². The van der Waals surface area contributed by atoms with Gasteiger partial charge in [0, 0.05) is 16.7 Å². The van der Waals surface area contributed by atoms with Crippen LogP contribution in [0.4, 0.5) is 0 Å². The second-order valence-electron chi connectivity index (χ2n) is 4.58. The van der Waals surface area contributed by atoms with Crippen molar-refractivity contribution < 1.29 is 4.21 Å². The minimum atomic E-state index is -0.985. The van der Waals surface area contributed by atoms with Gasteiger partial charge in [0.05, 0.1) is 10.8 Å². The first-order valence-electron chi connectivity index (χ1n) is 6.38. The van der Waals surface area contributed by atoms with Crippen molar-refractivity contribution in [2.45, 2.75) is 17.9 Å². The molecule has 2 aromatic rings. The summed E-state index contributed by atoms with van der Waals surface area (Å²) >= 11 is 0. The molecule has 2 unspecified atom stereocenters. The van der Waals surface area contributed by atoms with Gasteiger partial charge in [0.2, 0.25) is 0 Å². The Labute approximate surface area is 117 Å². The van der Waals surface area contributed by atoms with Crippen LogP contribution < -0.4 is 5.32 Å². The molecule has 0 saturated heterocycles. The van der Waals surface area contributed by atoms with Gasteiger partial charge in [-0.25, -0.2) is 0 Å². The van der Waals surface area contributed by atoms with Crippen molar-refractivity contribution >= 4 is 10.8 Å². The van der Waals surface area contributed by atoms with Crippen molar-refractivity contribution in [3.05, 3.63) is 65.7 Å². The van der Waals surface area contributed by atoms with Crippen LogP contribution in [0, 0.1) is 6.92 Å². The highest BCUT2D eigenvalue weighted by Gasteiger charge is 2.14. The third-order valence-corrected chi connectivity index (χ3v) is 4.59. The molecule has 2 aromatic carbocycles. The van der Waals surface area contributed by atoms with Crippen LogP contribution in [0.5, 0.6) is 0 Å². The Kier molecular flexibility index (Phi) is 4.88. The number of hydrogen-bond acceptors (Lipinski definition) is 2. The lowest BCUT2D eigenvalue weighted by Gasteiger charge is -2.16. The smallest absolute Gasteiger partial charge is 0.0548 e. The fourth-order valence-electron chi connectivity index (χ4n) is 1.97. The minimum absolute atomic E-state index is 0.114. The van der Waals surface area contributed by atoms with E-state index in [-0.39, 0.29) is 6.04 Å². The molecule has 0 amide bonds. The maximum absolute atomic E-state index is 12.4.